The van der Waals surface area contributed by atoms with E-state index in [1.165, 1.54) is 0 Å². The van der Waals surface area contributed by atoms with E-state index in [2.05, 4.69) is 55.8 Å². The Bertz CT molecular complexity index is 518. The van der Waals surface area contributed by atoms with Crippen molar-refractivity contribution < 1.29 is 0 Å². The maximum absolute atomic E-state index is 4.08. The van der Waals surface area contributed by atoms with Crippen molar-refractivity contribution in [3.8, 4) is 0 Å². The van der Waals surface area contributed by atoms with Gasteiger partial charge < -0.3 is 10.9 Å². The Morgan fingerprint density at radius 1 is 0.955 bits per heavy atom. The second-order valence-electron chi connectivity index (χ2n) is 4.61. The fourth-order valence-corrected chi connectivity index (χ4v) is 1.80. The monoisotopic (exact) mass is 314 g/mol. The molecule has 2 nitrogen and oxygen atoms in total. The molecule has 0 unspecified atom stereocenters. The van der Waals surface area contributed by atoms with Crippen molar-refractivity contribution in [3.05, 3.63) is 97.2 Å². The molecule has 0 atom stereocenters. The molecule has 118 valence electrons. The SMILES string of the molecule is C=C/C=C\C(=C/C=C)NNC(=C)/C(C=CP(C)C)=C/C=C\C. The standard InChI is InChI=1S/C19H27N2P/c1-7-10-13-18(15-16-22(5)6)17(4)20-21-19(12-9-3)14-11-8-2/h7-16,20-21H,2-4H2,1,5-6H3/b10-7-,14-11-,16-15?,18-13+,19-12+. The Balaban J connectivity index is 4.95. The summed E-state index contributed by atoms with van der Waals surface area (Å²) in [6.07, 6.45) is 17.2. The minimum absolute atomic E-state index is 0.0899. The van der Waals surface area contributed by atoms with Gasteiger partial charge in [0, 0.05) is 0 Å². The molecule has 0 heterocycles. The summed E-state index contributed by atoms with van der Waals surface area (Å²) in [6, 6.07) is 0. The molecular formula is C19H27N2P. The van der Waals surface area contributed by atoms with Gasteiger partial charge in [-0.2, -0.15) is 0 Å². The first kappa shape index (κ1) is 19.9. The topological polar surface area (TPSA) is 24.1 Å². The summed E-state index contributed by atoms with van der Waals surface area (Å²) in [6.45, 7) is 17.9. The molecule has 0 aromatic carbocycles. The van der Waals surface area contributed by atoms with E-state index in [1.807, 2.05) is 43.4 Å². The zero-order valence-corrected chi connectivity index (χ0v) is 14.7. The molecule has 3 heteroatoms. The van der Waals surface area contributed by atoms with Crippen molar-refractivity contribution in [3.63, 3.8) is 0 Å². The number of nitrogens with one attached hydrogen (secondary N) is 2. The highest BCUT2D eigenvalue weighted by Gasteiger charge is 1.99. The molecule has 0 radical (unpaired) electrons. The minimum Gasteiger partial charge on any atom is -0.301 e. The Labute approximate surface area is 136 Å². The van der Waals surface area contributed by atoms with Crippen LogP contribution in [0.3, 0.4) is 0 Å². The highest BCUT2D eigenvalue weighted by molar-refractivity contribution is 7.59. The van der Waals surface area contributed by atoms with Crippen molar-refractivity contribution in [1.82, 2.24) is 10.9 Å². The van der Waals surface area contributed by atoms with Crippen molar-refractivity contribution in [2.75, 3.05) is 13.3 Å². The molecule has 0 saturated carbocycles. The molecule has 0 spiro atoms. The van der Waals surface area contributed by atoms with Gasteiger partial charge in [-0.1, -0.05) is 76.0 Å². The molecule has 0 aromatic rings. The molecule has 0 aromatic heterocycles. The first-order valence-electron chi connectivity index (χ1n) is 7.05. The third kappa shape index (κ3) is 9.79. The summed E-state index contributed by atoms with van der Waals surface area (Å²) < 4.78 is 0. The highest BCUT2D eigenvalue weighted by Crippen LogP contribution is 2.27. The van der Waals surface area contributed by atoms with Crippen molar-refractivity contribution >= 4 is 7.92 Å². The van der Waals surface area contributed by atoms with Crippen LogP contribution in [0.4, 0.5) is 0 Å². The lowest BCUT2D eigenvalue weighted by atomic mass is 10.2. The van der Waals surface area contributed by atoms with Crippen LogP contribution in [0.1, 0.15) is 6.92 Å². The van der Waals surface area contributed by atoms with Gasteiger partial charge >= 0.3 is 0 Å². The van der Waals surface area contributed by atoms with Gasteiger partial charge in [-0.15, -0.1) is 0 Å². The quantitative estimate of drug-likeness (QED) is 0.330. The van der Waals surface area contributed by atoms with Gasteiger partial charge in [-0.3, -0.25) is 0 Å². The summed E-state index contributed by atoms with van der Waals surface area (Å²) in [5.74, 6) is 2.20. The van der Waals surface area contributed by atoms with E-state index in [1.54, 1.807) is 12.2 Å². The molecule has 0 rings (SSSR count). The summed E-state index contributed by atoms with van der Waals surface area (Å²) in [7, 11) is -0.0899. The first-order valence-corrected chi connectivity index (χ1v) is 9.36. The van der Waals surface area contributed by atoms with E-state index in [4.69, 9.17) is 0 Å². The van der Waals surface area contributed by atoms with Crippen LogP contribution in [0.2, 0.25) is 0 Å². The fourth-order valence-electron chi connectivity index (χ4n) is 1.34. The number of hydrogen-bond donors (Lipinski definition) is 2. The van der Waals surface area contributed by atoms with E-state index in [-0.39, 0.29) is 7.92 Å². The van der Waals surface area contributed by atoms with E-state index in [9.17, 15) is 0 Å². The highest BCUT2D eigenvalue weighted by atomic mass is 31.1. The summed E-state index contributed by atoms with van der Waals surface area (Å²) in [5.41, 5.74) is 8.94. The predicted molar refractivity (Wildman–Crippen MR) is 104 cm³/mol. The van der Waals surface area contributed by atoms with Crippen LogP contribution in [0.25, 0.3) is 0 Å². The van der Waals surface area contributed by atoms with Crippen LogP contribution < -0.4 is 10.9 Å². The van der Waals surface area contributed by atoms with E-state index < -0.39 is 0 Å². The Hall–Kier alpha value is -2.05. The molecule has 2 N–H and O–H groups in total. The van der Waals surface area contributed by atoms with Gasteiger partial charge in [0.2, 0.25) is 0 Å². The largest absolute Gasteiger partial charge is 0.301 e. The summed E-state index contributed by atoms with van der Waals surface area (Å²) in [5, 5.41) is 0. The molecule has 0 aliphatic carbocycles. The molecule has 0 amide bonds. The third-order valence-electron chi connectivity index (χ3n) is 2.44. The van der Waals surface area contributed by atoms with Crippen molar-refractivity contribution in [1.29, 1.82) is 0 Å². The number of rotatable bonds is 10. The normalized spacial score (nSPS) is 13.3. The molecule has 22 heavy (non-hydrogen) atoms. The van der Waals surface area contributed by atoms with Crippen LogP contribution in [-0.4, -0.2) is 13.3 Å². The maximum Gasteiger partial charge on any atom is 0.0540 e. The Morgan fingerprint density at radius 2 is 1.68 bits per heavy atom. The van der Waals surface area contributed by atoms with E-state index >= 15 is 0 Å². The Morgan fingerprint density at radius 3 is 2.23 bits per heavy atom. The molecule has 0 aliphatic heterocycles. The third-order valence-corrected chi connectivity index (χ3v) is 3.18. The lowest BCUT2D eigenvalue weighted by Gasteiger charge is -2.13. The molecular weight excluding hydrogens is 287 g/mol. The number of allylic oxidation sites excluding steroid dienone is 9. The van der Waals surface area contributed by atoms with Gasteiger partial charge in [0.25, 0.3) is 0 Å². The number of hydrazine groups is 1. The second-order valence-corrected chi connectivity index (χ2v) is 6.83. The van der Waals surface area contributed by atoms with Crippen LogP contribution >= 0.6 is 7.92 Å². The van der Waals surface area contributed by atoms with Crippen LogP contribution in [0, 0.1) is 0 Å². The van der Waals surface area contributed by atoms with Gasteiger partial charge in [0.05, 0.1) is 11.4 Å². The summed E-state index contributed by atoms with van der Waals surface area (Å²) >= 11 is 0. The van der Waals surface area contributed by atoms with Gasteiger partial charge in [-0.25, -0.2) is 0 Å². The second kappa shape index (κ2) is 12.7. The summed E-state index contributed by atoms with van der Waals surface area (Å²) in [4.78, 5) is 0. The Kier molecular flexibility index (Phi) is 11.5. The lowest BCUT2D eigenvalue weighted by Crippen LogP contribution is -2.29. The molecule has 0 aliphatic rings. The first-order chi connectivity index (χ1) is 10.5. The molecule has 0 bridgehead atoms. The van der Waals surface area contributed by atoms with E-state index in [0.717, 1.165) is 17.0 Å². The van der Waals surface area contributed by atoms with Gasteiger partial charge in [0.1, 0.15) is 0 Å². The smallest absolute Gasteiger partial charge is 0.0540 e. The maximum atomic E-state index is 4.08. The van der Waals surface area contributed by atoms with E-state index in [0.29, 0.717) is 0 Å². The average molecular weight is 314 g/mol. The van der Waals surface area contributed by atoms with Crippen LogP contribution in [0.5, 0.6) is 0 Å². The average Bonchev–Trinajstić information content (AvgIpc) is 2.49. The van der Waals surface area contributed by atoms with Gasteiger partial charge in [0.15, 0.2) is 0 Å². The van der Waals surface area contributed by atoms with Gasteiger partial charge in [-0.05, 0) is 38.0 Å². The van der Waals surface area contributed by atoms with Crippen molar-refractivity contribution in [2.45, 2.75) is 6.92 Å². The molecule has 0 fully saturated rings. The zero-order chi connectivity index (χ0) is 16.8. The molecule has 0 saturated heterocycles. The van der Waals surface area contributed by atoms with Crippen LogP contribution in [0.15, 0.2) is 97.2 Å². The van der Waals surface area contributed by atoms with Crippen LogP contribution in [-0.2, 0) is 0 Å². The zero-order valence-electron chi connectivity index (χ0n) is 13.8. The van der Waals surface area contributed by atoms with Crippen molar-refractivity contribution in [2.24, 2.45) is 0 Å². The predicted octanol–water partition coefficient (Wildman–Crippen LogP) is 5.16. The fraction of sp³-hybridized carbons (Fsp3) is 0.158. The number of hydrogen-bond acceptors (Lipinski definition) is 2. The lowest BCUT2D eigenvalue weighted by molar-refractivity contribution is 0.716. The minimum atomic E-state index is -0.0899.